The number of benzene rings is 2. The van der Waals surface area contributed by atoms with E-state index in [-0.39, 0.29) is 39.9 Å². The Bertz CT molecular complexity index is 1440. The van der Waals surface area contributed by atoms with E-state index in [1.807, 2.05) is 0 Å². The lowest BCUT2D eigenvalue weighted by atomic mass is 10.0. The van der Waals surface area contributed by atoms with E-state index < -0.39 is 25.7 Å². The first-order chi connectivity index (χ1) is 16.5. The summed E-state index contributed by atoms with van der Waals surface area (Å²) in [6, 6.07) is 10.4. The molecule has 0 saturated carbocycles. The number of ketones is 1. The number of sulfone groups is 1. The van der Waals surface area contributed by atoms with Crippen molar-refractivity contribution in [3.8, 4) is 23.1 Å². The van der Waals surface area contributed by atoms with Gasteiger partial charge in [-0.05, 0) is 37.6 Å². The van der Waals surface area contributed by atoms with Crippen molar-refractivity contribution in [2.45, 2.75) is 31.7 Å². The van der Waals surface area contributed by atoms with E-state index >= 15 is 0 Å². The van der Waals surface area contributed by atoms with Gasteiger partial charge < -0.3 is 13.7 Å². The number of rotatable bonds is 11. The molecule has 12 heteroatoms. The first-order valence-electron chi connectivity index (χ1n) is 10.7. The molecule has 0 amide bonds. The van der Waals surface area contributed by atoms with Gasteiger partial charge in [0.1, 0.15) is 22.8 Å². The van der Waals surface area contributed by atoms with Crippen LogP contribution in [0.4, 0.5) is 0 Å². The molecular weight excluding hydrogens is 496 g/mol. The molecule has 35 heavy (non-hydrogen) atoms. The topological polar surface area (TPSA) is 131 Å². The molecular formula is C23H26N2O8S2. The standard InChI is InChI=1S/C23H26N2O8S2/c1-5-12-35(29,30)33-23-20(15-24-25(23)6-2)22(26)19-11-10-18(34(4,27)28)14-21(19)32-17-9-7-8-16(13-17)31-3/h7-11,13-15H,5-6,12H2,1-4H3. The summed E-state index contributed by atoms with van der Waals surface area (Å²) >= 11 is 0. The molecule has 2 aromatic carbocycles. The van der Waals surface area contributed by atoms with Crippen molar-refractivity contribution in [1.29, 1.82) is 0 Å². The zero-order chi connectivity index (χ0) is 25.8. The van der Waals surface area contributed by atoms with Crippen molar-refractivity contribution in [2.24, 2.45) is 0 Å². The number of carbonyl (C=O) groups excluding carboxylic acids is 1. The molecule has 0 fully saturated rings. The Kier molecular flexibility index (Phi) is 7.86. The van der Waals surface area contributed by atoms with Crippen LogP contribution in [0.5, 0.6) is 23.1 Å². The highest BCUT2D eigenvalue weighted by Gasteiger charge is 2.27. The summed E-state index contributed by atoms with van der Waals surface area (Å²) in [7, 11) is -6.08. The van der Waals surface area contributed by atoms with E-state index in [9.17, 15) is 21.6 Å². The molecule has 0 spiro atoms. The molecule has 0 N–H and O–H groups in total. The predicted octanol–water partition coefficient (Wildman–Crippen LogP) is 3.46. The smallest absolute Gasteiger partial charge is 0.310 e. The van der Waals surface area contributed by atoms with Crippen molar-refractivity contribution < 1.29 is 35.3 Å². The fourth-order valence-electron chi connectivity index (χ4n) is 3.20. The average molecular weight is 523 g/mol. The maximum absolute atomic E-state index is 13.6. The summed E-state index contributed by atoms with van der Waals surface area (Å²) in [5.41, 5.74) is -0.109. The van der Waals surface area contributed by atoms with Crippen LogP contribution < -0.4 is 13.7 Å². The maximum Gasteiger partial charge on any atom is 0.310 e. The summed E-state index contributed by atoms with van der Waals surface area (Å²) in [5.74, 6) is -0.346. The molecule has 0 saturated heterocycles. The number of aryl methyl sites for hydroxylation is 1. The zero-order valence-corrected chi connectivity index (χ0v) is 21.4. The SMILES string of the molecule is CCCS(=O)(=O)Oc1c(C(=O)c2ccc(S(C)(=O)=O)cc2Oc2cccc(OC)c2)cnn1CC. The summed E-state index contributed by atoms with van der Waals surface area (Å²) in [4.78, 5) is 13.5. The van der Waals surface area contributed by atoms with Gasteiger partial charge in [-0.15, -0.1) is 0 Å². The summed E-state index contributed by atoms with van der Waals surface area (Å²) in [5, 5.41) is 4.07. The lowest BCUT2D eigenvalue weighted by molar-refractivity contribution is 0.103. The van der Waals surface area contributed by atoms with E-state index in [1.165, 1.54) is 36.2 Å². The Hall–Kier alpha value is -3.38. The first-order valence-corrected chi connectivity index (χ1v) is 14.1. The fourth-order valence-corrected chi connectivity index (χ4v) is 4.83. The first kappa shape index (κ1) is 26.2. The predicted molar refractivity (Wildman–Crippen MR) is 129 cm³/mol. The molecule has 0 unspecified atom stereocenters. The van der Waals surface area contributed by atoms with Gasteiger partial charge in [-0.3, -0.25) is 4.79 Å². The van der Waals surface area contributed by atoms with Crippen LogP contribution in [0.3, 0.4) is 0 Å². The molecule has 10 nitrogen and oxygen atoms in total. The Morgan fingerprint density at radius 1 is 1.00 bits per heavy atom. The van der Waals surface area contributed by atoms with Crippen LogP contribution in [0, 0.1) is 0 Å². The van der Waals surface area contributed by atoms with Crippen LogP contribution in [0.2, 0.25) is 0 Å². The normalized spacial score (nSPS) is 11.8. The minimum Gasteiger partial charge on any atom is -0.497 e. The van der Waals surface area contributed by atoms with Gasteiger partial charge in [0.2, 0.25) is 11.7 Å². The molecule has 188 valence electrons. The van der Waals surface area contributed by atoms with Gasteiger partial charge >= 0.3 is 10.1 Å². The Morgan fingerprint density at radius 2 is 1.71 bits per heavy atom. The van der Waals surface area contributed by atoms with Crippen LogP contribution in [0.15, 0.2) is 53.6 Å². The van der Waals surface area contributed by atoms with Crippen molar-refractivity contribution in [1.82, 2.24) is 9.78 Å². The second kappa shape index (κ2) is 10.5. The van der Waals surface area contributed by atoms with Crippen LogP contribution in [0.25, 0.3) is 0 Å². The number of hydrogen-bond acceptors (Lipinski definition) is 9. The lowest BCUT2D eigenvalue weighted by Crippen LogP contribution is -2.17. The van der Waals surface area contributed by atoms with Crippen LogP contribution in [-0.2, 0) is 26.5 Å². The van der Waals surface area contributed by atoms with Gasteiger partial charge in [-0.25, -0.2) is 13.1 Å². The molecule has 0 aliphatic heterocycles. The molecule has 0 aliphatic carbocycles. The maximum atomic E-state index is 13.6. The van der Waals surface area contributed by atoms with Gasteiger partial charge in [0.25, 0.3) is 0 Å². The second-order valence-corrected chi connectivity index (χ2v) is 11.3. The molecule has 1 aromatic heterocycles. The van der Waals surface area contributed by atoms with E-state index in [0.29, 0.717) is 17.9 Å². The molecule has 1 heterocycles. The van der Waals surface area contributed by atoms with Crippen molar-refractivity contribution in [2.75, 3.05) is 19.1 Å². The van der Waals surface area contributed by atoms with Crippen molar-refractivity contribution >= 4 is 25.7 Å². The Morgan fingerprint density at radius 3 is 2.34 bits per heavy atom. The molecule has 0 radical (unpaired) electrons. The molecule has 3 aromatic rings. The number of hydrogen-bond donors (Lipinski definition) is 0. The molecule has 0 atom stereocenters. The third kappa shape index (κ3) is 6.20. The zero-order valence-electron chi connectivity index (χ0n) is 19.7. The van der Waals surface area contributed by atoms with Gasteiger partial charge in [-0.2, -0.15) is 13.5 Å². The Labute approximate surface area is 204 Å². The fraction of sp³-hybridized carbons (Fsp3) is 0.304. The Balaban J connectivity index is 2.12. The highest BCUT2D eigenvalue weighted by Crippen LogP contribution is 2.33. The van der Waals surface area contributed by atoms with E-state index in [1.54, 1.807) is 38.1 Å². The van der Waals surface area contributed by atoms with Crippen molar-refractivity contribution in [3.63, 3.8) is 0 Å². The molecule has 0 aliphatic rings. The van der Waals surface area contributed by atoms with Gasteiger partial charge in [0, 0.05) is 24.9 Å². The third-order valence-corrected chi connectivity index (χ3v) is 7.32. The number of nitrogens with zero attached hydrogens (tertiary/aromatic N) is 2. The number of carbonyl (C=O) groups is 1. The van der Waals surface area contributed by atoms with Gasteiger partial charge in [-0.1, -0.05) is 13.0 Å². The van der Waals surface area contributed by atoms with E-state index in [4.69, 9.17) is 13.7 Å². The minimum absolute atomic E-state index is 0.00591. The van der Waals surface area contributed by atoms with Crippen LogP contribution in [0.1, 0.15) is 36.2 Å². The average Bonchev–Trinajstić information content (AvgIpc) is 3.19. The number of methoxy groups -OCH3 is 1. The summed E-state index contributed by atoms with van der Waals surface area (Å²) in [6.07, 6.45) is 2.58. The monoisotopic (exact) mass is 522 g/mol. The number of aromatic nitrogens is 2. The highest BCUT2D eigenvalue weighted by atomic mass is 32.2. The largest absolute Gasteiger partial charge is 0.497 e. The van der Waals surface area contributed by atoms with Crippen molar-refractivity contribution in [3.05, 3.63) is 59.8 Å². The van der Waals surface area contributed by atoms with Crippen LogP contribution >= 0.6 is 0 Å². The second-order valence-electron chi connectivity index (χ2n) is 7.56. The van der Waals surface area contributed by atoms with Crippen LogP contribution in [-0.4, -0.2) is 51.5 Å². The molecule has 0 bridgehead atoms. The number of ether oxygens (including phenoxy) is 2. The minimum atomic E-state index is -3.96. The lowest BCUT2D eigenvalue weighted by Gasteiger charge is -2.14. The third-order valence-electron chi connectivity index (χ3n) is 4.89. The summed E-state index contributed by atoms with van der Waals surface area (Å²) in [6.45, 7) is 3.67. The summed E-state index contributed by atoms with van der Waals surface area (Å²) < 4.78 is 66.5. The quantitative estimate of drug-likeness (QED) is 0.274. The van der Waals surface area contributed by atoms with E-state index in [0.717, 1.165) is 6.26 Å². The van der Waals surface area contributed by atoms with Gasteiger partial charge in [0.05, 0.1) is 29.5 Å². The van der Waals surface area contributed by atoms with Gasteiger partial charge in [0.15, 0.2) is 9.84 Å². The molecule has 3 rings (SSSR count). The highest BCUT2D eigenvalue weighted by molar-refractivity contribution is 7.90. The van der Waals surface area contributed by atoms with E-state index in [2.05, 4.69) is 5.10 Å².